The van der Waals surface area contributed by atoms with E-state index in [1.165, 1.54) is 10.5 Å². The molecule has 0 amide bonds. The minimum absolute atomic E-state index is 0.822. The van der Waals surface area contributed by atoms with Crippen molar-refractivity contribution in [3.8, 4) is 0 Å². The van der Waals surface area contributed by atoms with Crippen molar-refractivity contribution in [2.24, 2.45) is 0 Å². The maximum Gasteiger partial charge on any atom is 0.0560 e. The molecular weight excluding hydrogens is 206 g/mol. The van der Waals surface area contributed by atoms with Gasteiger partial charge in [0, 0.05) is 22.9 Å². The van der Waals surface area contributed by atoms with E-state index in [-0.39, 0.29) is 0 Å². The molecule has 2 nitrogen and oxygen atoms in total. The number of nitrogen functional groups attached to an aromatic ring is 1. The van der Waals surface area contributed by atoms with Crippen LogP contribution in [0.3, 0.4) is 0 Å². The number of hydrogen-bond acceptors (Lipinski definition) is 3. The third kappa shape index (κ3) is 4.58. The normalized spacial score (nSPS) is 10.5. The van der Waals surface area contributed by atoms with Crippen LogP contribution < -0.4 is 5.73 Å². The van der Waals surface area contributed by atoms with Crippen LogP contribution in [0.15, 0.2) is 23.1 Å². The first kappa shape index (κ1) is 12.4. The predicted molar refractivity (Wildman–Crippen MR) is 67.4 cm³/mol. The summed E-state index contributed by atoms with van der Waals surface area (Å²) >= 11 is 1.83. The van der Waals surface area contributed by atoms with E-state index >= 15 is 0 Å². The summed E-state index contributed by atoms with van der Waals surface area (Å²) < 4.78 is 5.42. The second-order valence-corrected chi connectivity index (χ2v) is 4.62. The molecule has 0 heterocycles. The van der Waals surface area contributed by atoms with Crippen molar-refractivity contribution >= 4 is 17.4 Å². The third-order valence-electron chi connectivity index (χ3n) is 2.03. The highest BCUT2D eigenvalue weighted by Gasteiger charge is 1.99. The van der Waals surface area contributed by atoms with E-state index in [2.05, 4.69) is 19.9 Å². The van der Waals surface area contributed by atoms with Gasteiger partial charge in [-0.1, -0.05) is 6.92 Å². The molecule has 84 valence electrons. The molecule has 0 atom stereocenters. The Hall–Kier alpha value is -0.670. The highest BCUT2D eigenvalue weighted by Crippen LogP contribution is 2.23. The fraction of sp³-hybridized carbons (Fsp3) is 0.500. The van der Waals surface area contributed by atoms with Crippen molar-refractivity contribution in [1.82, 2.24) is 0 Å². The minimum atomic E-state index is 0.822. The van der Waals surface area contributed by atoms with Crippen molar-refractivity contribution < 1.29 is 4.74 Å². The van der Waals surface area contributed by atoms with Gasteiger partial charge in [-0.05, 0) is 37.1 Å². The van der Waals surface area contributed by atoms with Crippen LogP contribution in [0.5, 0.6) is 0 Å². The van der Waals surface area contributed by atoms with Crippen molar-refractivity contribution in [2.45, 2.75) is 25.2 Å². The molecule has 0 fully saturated rings. The van der Waals surface area contributed by atoms with E-state index in [4.69, 9.17) is 10.5 Å². The second-order valence-electron chi connectivity index (χ2n) is 3.49. The van der Waals surface area contributed by atoms with Crippen LogP contribution in [0.1, 0.15) is 18.9 Å². The first-order chi connectivity index (χ1) is 7.24. The summed E-state index contributed by atoms with van der Waals surface area (Å²) in [6.07, 6.45) is 1.09. The van der Waals surface area contributed by atoms with Gasteiger partial charge in [0.25, 0.3) is 0 Å². The zero-order valence-corrected chi connectivity index (χ0v) is 10.3. The van der Waals surface area contributed by atoms with E-state index in [9.17, 15) is 0 Å². The Balaban J connectivity index is 2.31. The molecule has 15 heavy (non-hydrogen) atoms. The van der Waals surface area contributed by atoms with Gasteiger partial charge in [-0.15, -0.1) is 11.8 Å². The number of thioether (sulfide) groups is 1. The standard InChI is InChI=1S/C12H19NOS/c1-3-6-14-7-8-15-12-5-4-11(13)9-10(12)2/h4-5,9H,3,6-8,13H2,1-2H3. The molecule has 1 rings (SSSR count). The lowest BCUT2D eigenvalue weighted by Crippen LogP contribution is -1.98. The van der Waals surface area contributed by atoms with Gasteiger partial charge in [0.2, 0.25) is 0 Å². The van der Waals surface area contributed by atoms with Crippen LogP contribution in [-0.4, -0.2) is 19.0 Å². The van der Waals surface area contributed by atoms with Gasteiger partial charge in [0.15, 0.2) is 0 Å². The molecule has 1 aromatic carbocycles. The number of rotatable bonds is 6. The highest BCUT2D eigenvalue weighted by molar-refractivity contribution is 7.99. The molecule has 0 unspecified atom stereocenters. The summed E-state index contributed by atoms with van der Waals surface area (Å²) in [5.74, 6) is 1.00. The van der Waals surface area contributed by atoms with Crippen LogP contribution in [0.25, 0.3) is 0 Å². The van der Waals surface area contributed by atoms with E-state index < -0.39 is 0 Å². The summed E-state index contributed by atoms with van der Waals surface area (Å²) in [6.45, 7) is 5.90. The number of hydrogen-bond donors (Lipinski definition) is 1. The lowest BCUT2D eigenvalue weighted by atomic mass is 10.2. The molecule has 0 aliphatic carbocycles. The van der Waals surface area contributed by atoms with Crippen molar-refractivity contribution in [1.29, 1.82) is 0 Å². The Kier molecular flexibility index (Phi) is 5.58. The quantitative estimate of drug-likeness (QED) is 0.459. The lowest BCUT2D eigenvalue weighted by Gasteiger charge is -2.06. The molecule has 0 spiro atoms. The first-order valence-corrected chi connectivity index (χ1v) is 6.29. The number of anilines is 1. The molecule has 0 saturated carbocycles. The maximum atomic E-state index is 5.69. The summed E-state index contributed by atoms with van der Waals surface area (Å²) in [5, 5.41) is 0. The van der Waals surface area contributed by atoms with Gasteiger partial charge < -0.3 is 10.5 Å². The van der Waals surface area contributed by atoms with Gasteiger partial charge in [0.1, 0.15) is 0 Å². The maximum absolute atomic E-state index is 5.69. The number of benzene rings is 1. The SMILES string of the molecule is CCCOCCSc1ccc(N)cc1C. The smallest absolute Gasteiger partial charge is 0.0560 e. The number of aryl methyl sites for hydroxylation is 1. The van der Waals surface area contributed by atoms with Gasteiger partial charge >= 0.3 is 0 Å². The average molecular weight is 225 g/mol. The number of ether oxygens (including phenoxy) is 1. The van der Waals surface area contributed by atoms with Crippen molar-refractivity contribution in [2.75, 3.05) is 24.7 Å². The monoisotopic (exact) mass is 225 g/mol. The largest absolute Gasteiger partial charge is 0.399 e. The molecule has 1 aromatic rings. The molecule has 0 aromatic heterocycles. The Labute approximate surface area is 96.2 Å². The van der Waals surface area contributed by atoms with Crippen LogP contribution >= 0.6 is 11.8 Å². The van der Waals surface area contributed by atoms with E-state index in [1.807, 2.05) is 23.9 Å². The molecule has 0 saturated heterocycles. The van der Waals surface area contributed by atoms with E-state index in [1.54, 1.807) is 0 Å². The van der Waals surface area contributed by atoms with Crippen LogP contribution in [0.4, 0.5) is 5.69 Å². The fourth-order valence-corrected chi connectivity index (χ4v) is 2.16. The predicted octanol–water partition coefficient (Wildman–Crippen LogP) is 3.10. The van der Waals surface area contributed by atoms with Gasteiger partial charge in [-0.25, -0.2) is 0 Å². The van der Waals surface area contributed by atoms with E-state index in [0.29, 0.717) is 0 Å². The molecule has 0 aliphatic heterocycles. The average Bonchev–Trinajstić information content (AvgIpc) is 2.20. The Bertz CT molecular complexity index is 302. The Morgan fingerprint density at radius 2 is 2.13 bits per heavy atom. The van der Waals surface area contributed by atoms with Crippen molar-refractivity contribution in [3.63, 3.8) is 0 Å². The summed E-state index contributed by atoms with van der Waals surface area (Å²) in [6, 6.07) is 6.03. The Morgan fingerprint density at radius 3 is 2.80 bits per heavy atom. The molecule has 0 aliphatic rings. The summed E-state index contributed by atoms with van der Waals surface area (Å²) in [7, 11) is 0. The topological polar surface area (TPSA) is 35.2 Å². The second kappa shape index (κ2) is 6.75. The first-order valence-electron chi connectivity index (χ1n) is 5.30. The molecule has 3 heteroatoms. The van der Waals surface area contributed by atoms with Crippen LogP contribution in [-0.2, 0) is 4.74 Å². The third-order valence-corrected chi connectivity index (χ3v) is 3.17. The van der Waals surface area contributed by atoms with Gasteiger partial charge in [-0.2, -0.15) is 0 Å². The minimum Gasteiger partial charge on any atom is -0.399 e. The number of nitrogens with two attached hydrogens (primary N) is 1. The van der Waals surface area contributed by atoms with Gasteiger partial charge in [-0.3, -0.25) is 0 Å². The zero-order valence-electron chi connectivity index (χ0n) is 9.45. The summed E-state index contributed by atoms with van der Waals surface area (Å²) in [5.41, 5.74) is 7.77. The van der Waals surface area contributed by atoms with Crippen molar-refractivity contribution in [3.05, 3.63) is 23.8 Å². The molecule has 0 bridgehead atoms. The molecular formula is C12H19NOS. The molecule has 2 N–H and O–H groups in total. The van der Waals surface area contributed by atoms with E-state index in [0.717, 1.165) is 31.1 Å². The fourth-order valence-electron chi connectivity index (χ4n) is 1.29. The zero-order chi connectivity index (χ0) is 11.1. The van der Waals surface area contributed by atoms with Gasteiger partial charge in [0.05, 0.1) is 6.61 Å². The highest BCUT2D eigenvalue weighted by atomic mass is 32.2. The van der Waals surface area contributed by atoms with Crippen LogP contribution in [0, 0.1) is 6.92 Å². The van der Waals surface area contributed by atoms with Crippen LogP contribution in [0.2, 0.25) is 0 Å². The molecule has 0 radical (unpaired) electrons. The summed E-state index contributed by atoms with van der Waals surface area (Å²) in [4.78, 5) is 1.30. The Morgan fingerprint density at radius 1 is 1.33 bits per heavy atom. The lowest BCUT2D eigenvalue weighted by molar-refractivity contribution is 0.151.